The van der Waals surface area contributed by atoms with Crippen LogP contribution in [0.2, 0.25) is 0 Å². The van der Waals surface area contributed by atoms with Crippen LogP contribution in [0.15, 0.2) is 36.9 Å². The molecule has 0 spiro atoms. The zero-order valence-electron chi connectivity index (χ0n) is 7.75. The molecule has 3 rings (SSSR count). The third-order valence-corrected chi connectivity index (χ3v) is 2.06. The van der Waals surface area contributed by atoms with Gasteiger partial charge in [-0.05, 0) is 12.1 Å². The molecule has 0 saturated heterocycles. The summed E-state index contributed by atoms with van der Waals surface area (Å²) in [7, 11) is 0. The summed E-state index contributed by atoms with van der Waals surface area (Å²) in [6.45, 7) is 0. The minimum absolute atomic E-state index is 0.584. The quantitative estimate of drug-likeness (QED) is 0.640. The maximum atomic E-state index is 4.35. The van der Waals surface area contributed by atoms with Crippen LogP contribution >= 0.6 is 0 Å². The number of H-pyrrole nitrogens is 1. The standard InChI is InChI=1S/C10H7N5/c1-2-7-8(11-3-1)6-14-10(15-7)9-12-4-5-13-9/h1-6H,(H,12,13). The third-order valence-electron chi connectivity index (χ3n) is 2.06. The van der Waals surface area contributed by atoms with E-state index in [2.05, 4.69) is 24.9 Å². The number of nitrogens with one attached hydrogen (secondary N) is 1. The summed E-state index contributed by atoms with van der Waals surface area (Å²) >= 11 is 0. The van der Waals surface area contributed by atoms with E-state index in [1.165, 1.54) is 0 Å². The van der Waals surface area contributed by atoms with Crippen molar-refractivity contribution in [3.05, 3.63) is 36.9 Å². The van der Waals surface area contributed by atoms with Crippen LogP contribution in [0, 0.1) is 0 Å². The van der Waals surface area contributed by atoms with E-state index < -0.39 is 0 Å². The highest BCUT2D eigenvalue weighted by Gasteiger charge is 2.04. The zero-order chi connectivity index (χ0) is 10.1. The minimum Gasteiger partial charge on any atom is -0.342 e. The van der Waals surface area contributed by atoms with E-state index in [9.17, 15) is 0 Å². The predicted octanol–water partition coefficient (Wildman–Crippen LogP) is 1.41. The molecule has 0 radical (unpaired) electrons. The van der Waals surface area contributed by atoms with Crippen molar-refractivity contribution in [2.45, 2.75) is 0 Å². The molecule has 0 aliphatic heterocycles. The molecule has 0 saturated carbocycles. The Hall–Kier alpha value is -2.30. The normalized spacial score (nSPS) is 10.7. The summed E-state index contributed by atoms with van der Waals surface area (Å²) in [4.78, 5) is 19.7. The molecule has 15 heavy (non-hydrogen) atoms. The molecule has 72 valence electrons. The second-order valence-electron chi connectivity index (χ2n) is 3.04. The van der Waals surface area contributed by atoms with Crippen LogP contribution in [0.1, 0.15) is 0 Å². The Morgan fingerprint density at radius 1 is 1.00 bits per heavy atom. The number of imidazole rings is 1. The van der Waals surface area contributed by atoms with Crippen molar-refractivity contribution in [2.24, 2.45) is 0 Å². The van der Waals surface area contributed by atoms with E-state index in [-0.39, 0.29) is 0 Å². The van der Waals surface area contributed by atoms with Gasteiger partial charge < -0.3 is 4.98 Å². The molecule has 0 aliphatic carbocycles. The first kappa shape index (κ1) is 8.05. The van der Waals surface area contributed by atoms with Crippen LogP contribution in [-0.2, 0) is 0 Å². The average Bonchev–Trinajstić information content (AvgIpc) is 2.82. The fourth-order valence-corrected chi connectivity index (χ4v) is 1.37. The Labute approximate surface area is 85.3 Å². The molecule has 0 fully saturated rings. The molecule has 3 aromatic heterocycles. The average molecular weight is 197 g/mol. The van der Waals surface area contributed by atoms with Crippen molar-refractivity contribution < 1.29 is 0 Å². The number of nitrogens with zero attached hydrogens (tertiary/aromatic N) is 4. The maximum Gasteiger partial charge on any atom is 0.196 e. The number of rotatable bonds is 1. The largest absolute Gasteiger partial charge is 0.342 e. The first-order valence-electron chi connectivity index (χ1n) is 4.51. The summed E-state index contributed by atoms with van der Waals surface area (Å²) in [6, 6.07) is 3.75. The van der Waals surface area contributed by atoms with Gasteiger partial charge in [-0.2, -0.15) is 0 Å². The highest BCUT2D eigenvalue weighted by atomic mass is 15.0. The van der Waals surface area contributed by atoms with Crippen molar-refractivity contribution in [3.8, 4) is 11.6 Å². The first-order chi connectivity index (χ1) is 7.43. The third kappa shape index (κ3) is 1.34. The Balaban J connectivity index is 2.22. The first-order valence-corrected chi connectivity index (χ1v) is 4.51. The highest BCUT2D eigenvalue weighted by molar-refractivity contribution is 5.74. The molecule has 0 bridgehead atoms. The van der Waals surface area contributed by atoms with Gasteiger partial charge in [0.1, 0.15) is 5.52 Å². The van der Waals surface area contributed by atoms with Gasteiger partial charge in [0.05, 0.1) is 11.7 Å². The van der Waals surface area contributed by atoms with Gasteiger partial charge in [0.2, 0.25) is 0 Å². The van der Waals surface area contributed by atoms with Gasteiger partial charge in [-0.1, -0.05) is 0 Å². The zero-order valence-corrected chi connectivity index (χ0v) is 7.75. The maximum absolute atomic E-state index is 4.35. The van der Waals surface area contributed by atoms with Crippen molar-refractivity contribution in [1.82, 2.24) is 24.9 Å². The van der Waals surface area contributed by atoms with Crippen LogP contribution in [0.4, 0.5) is 0 Å². The lowest BCUT2D eigenvalue weighted by Crippen LogP contribution is -1.92. The molecule has 3 aromatic rings. The Morgan fingerprint density at radius 3 is 2.87 bits per heavy atom. The summed E-state index contributed by atoms with van der Waals surface area (Å²) < 4.78 is 0. The van der Waals surface area contributed by atoms with Crippen molar-refractivity contribution in [3.63, 3.8) is 0 Å². The molecule has 5 nitrogen and oxygen atoms in total. The molecular weight excluding hydrogens is 190 g/mol. The predicted molar refractivity (Wildman–Crippen MR) is 54.9 cm³/mol. The lowest BCUT2D eigenvalue weighted by atomic mass is 10.3. The molecule has 3 heterocycles. The second-order valence-corrected chi connectivity index (χ2v) is 3.04. The molecule has 0 aromatic carbocycles. The van der Waals surface area contributed by atoms with Crippen LogP contribution in [0.3, 0.4) is 0 Å². The van der Waals surface area contributed by atoms with E-state index >= 15 is 0 Å². The van der Waals surface area contributed by atoms with E-state index in [4.69, 9.17) is 0 Å². The van der Waals surface area contributed by atoms with Crippen LogP contribution in [0.5, 0.6) is 0 Å². The smallest absolute Gasteiger partial charge is 0.196 e. The monoisotopic (exact) mass is 197 g/mol. The van der Waals surface area contributed by atoms with Gasteiger partial charge >= 0.3 is 0 Å². The van der Waals surface area contributed by atoms with E-state index in [0.29, 0.717) is 11.6 Å². The van der Waals surface area contributed by atoms with Crippen LogP contribution < -0.4 is 0 Å². The fraction of sp³-hybridized carbons (Fsp3) is 0. The summed E-state index contributed by atoms with van der Waals surface area (Å²) in [6.07, 6.45) is 6.83. The summed E-state index contributed by atoms with van der Waals surface area (Å²) in [5, 5.41) is 0. The molecule has 1 N–H and O–H groups in total. The van der Waals surface area contributed by atoms with Gasteiger partial charge in [0, 0.05) is 18.6 Å². The fourth-order valence-electron chi connectivity index (χ4n) is 1.37. The van der Waals surface area contributed by atoms with Gasteiger partial charge in [-0.15, -0.1) is 0 Å². The Kier molecular flexibility index (Phi) is 1.68. The number of hydrogen-bond acceptors (Lipinski definition) is 4. The minimum atomic E-state index is 0.584. The van der Waals surface area contributed by atoms with Crippen molar-refractivity contribution in [2.75, 3.05) is 0 Å². The summed E-state index contributed by atoms with van der Waals surface area (Å²) in [5.74, 6) is 1.25. The Bertz CT molecular complexity index is 588. The van der Waals surface area contributed by atoms with Gasteiger partial charge in [0.15, 0.2) is 11.6 Å². The number of fused-ring (bicyclic) bond motifs is 1. The van der Waals surface area contributed by atoms with Gasteiger partial charge in [-0.3, -0.25) is 4.98 Å². The van der Waals surface area contributed by atoms with Crippen molar-refractivity contribution >= 4 is 11.0 Å². The molecule has 0 aliphatic rings. The van der Waals surface area contributed by atoms with Gasteiger partial charge in [-0.25, -0.2) is 15.0 Å². The Morgan fingerprint density at radius 2 is 2.00 bits per heavy atom. The summed E-state index contributed by atoms with van der Waals surface area (Å²) in [5.41, 5.74) is 1.60. The molecule has 0 atom stereocenters. The lowest BCUT2D eigenvalue weighted by molar-refractivity contribution is 1.14. The number of aromatic nitrogens is 5. The molecule has 0 unspecified atom stereocenters. The molecular formula is C10H7N5. The molecule has 0 amide bonds. The number of aromatic amines is 1. The SMILES string of the molecule is c1cnc2cnc(-c3ncc[nH]3)nc2c1. The van der Waals surface area contributed by atoms with E-state index in [1.54, 1.807) is 24.8 Å². The van der Waals surface area contributed by atoms with Gasteiger partial charge in [0.25, 0.3) is 0 Å². The second kappa shape index (κ2) is 3.13. The van der Waals surface area contributed by atoms with E-state index in [1.807, 2.05) is 12.1 Å². The topological polar surface area (TPSA) is 67.3 Å². The number of hydrogen-bond donors (Lipinski definition) is 1. The lowest BCUT2D eigenvalue weighted by Gasteiger charge is -1.97. The number of pyridine rings is 1. The highest BCUT2D eigenvalue weighted by Crippen LogP contribution is 2.12. The van der Waals surface area contributed by atoms with Crippen molar-refractivity contribution in [1.29, 1.82) is 0 Å². The van der Waals surface area contributed by atoms with Crippen LogP contribution in [-0.4, -0.2) is 24.9 Å². The van der Waals surface area contributed by atoms with Crippen LogP contribution in [0.25, 0.3) is 22.7 Å². The molecule has 5 heteroatoms. The van der Waals surface area contributed by atoms with E-state index in [0.717, 1.165) is 11.0 Å².